The van der Waals surface area contributed by atoms with Gasteiger partial charge in [-0.1, -0.05) is 26.2 Å². The highest BCUT2D eigenvalue weighted by Crippen LogP contribution is 2.53. The molecular weight excluding hydrogens is 465 g/mol. The van der Waals surface area contributed by atoms with Gasteiger partial charge in [0.15, 0.2) is 17.2 Å². The van der Waals surface area contributed by atoms with Crippen LogP contribution in [0, 0.1) is 6.92 Å². The lowest BCUT2D eigenvalue weighted by Crippen LogP contribution is -2.38. The number of aliphatic hydroxyl groups is 2. The molecule has 2 aliphatic rings. The van der Waals surface area contributed by atoms with Crippen molar-refractivity contribution in [1.82, 2.24) is 19.7 Å². The number of aliphatic hydroxyl groups excluding tert-OH is 2. The van der Waals surface area contributed by atoms with E-state index in [0.29, 0.717) is 35.1 Å². The zero-order valence-electron chi connectivity index (χ0n) is 19.7. The number of hydrogen-bond donors (Lipinski definition) is 5. The molecule has 2 fully saturated rings. The first-order valence-electron chi connectivity index (χ1n) is 11.7. The SMILES string of the molecule is CCCC(C)(OC[C@H]1O[C@@H](n2ncc3c(NC4CCCC4)nc(C)nc32)[C@H](O)[C@@H]1O)P(=O)(O)O. The first kappa shape index (κ1) is 25.4. The minimum absolute atomic E-state index is 0.128. The molecular formula is C21H34N5O7P. The Morgan fingerprint density at radius 2 is 1.97 bits per heavy atom. The van der Waals surface area contributed by atoms with Gasteiger partial charge in [-0.3, -0.25) is 4.57 Å². The van der Waals surface area contributed by atoms with Crippen LogP contribution < -0.4 is 5.32 Å². The third kappa shape index (κ3) is 4.86. The van der Waals surface area contributed by atoms with E-state index in [1.54, 1.807) is 20.0 Å². The first-order chi connectivity index (χ1) is 16.0. The molecule has 1 unspecified atom stereocenters. The van der Waals surface area contributed by atoms with E-state index in [1.807, 2.05) is 0 Å². The molecule has 190 valence electrons. The van der Waals surface area contributed by atoms with E-state index in [1.165, 1.54) is 24.4 Å². The van der Waals surface area contributed by atoms with Gasteiger partial charge in [0.2, 0.25) is 0 Å². The molecule has 3 heterocycles. The van der Waals surface area contributed by atoms with Crippen molar-refractivity contribution < 1.29 is 34.0 Å². The van der Waals surface area contributed by atoms with Gasteiger partial charge in [-0.15, -0.1) is 0 Å². The maximum absolute atomic E-state index is 12.0. The Morgan fingerprint density at radius 1 is 1.26 bits per heavy atom. The summed E-state index contributed by atoms with van der Waals surface area (Å²) in [6, 6.07) is 0.337. The molecule has 1 aliphatic heterocycles. The molecule has 1 saturated carbocycles. The summed E-state index contributed by atoms with van der Waals surface area (Å²) >= 11 is 0. The van der Waals surface area contributed by atoms with Crippen LogP contribution in [0.25, 0.3) is 11.0 Å². The Bertz CT molecular complexity index is 1060. The highest BCUT2D eigenvalue weighted by molar-refractivity contribution is 7.53. The van der Waals surface area contributed by atoms with Gasteiger partial charge in [0.05, 0.1) is 18.2 Å². The zero-order chi connectivity index (χ0) is 24.7. The number of aromatic nitrogens is 4. The third-order valence-electron chi connectivity index (χ3n) is 6.73. The molecule has 13 heteroatoms. The Hall–Kier alpha value is -1.66. The van der Waals surface area contributed by atoms with Gasteiger partial charge in [0, 0.05) is 6.04 Å². The van der Waals surface area contributed by atoms with Crippen LogP contribution in [0.5, 0.6) is 0 Å². The minimum Gasteiger partial charge on any atom is -0.387 e. The van der Waals surface area contributed by atoms with Gasteiger partial charge in [-0.05, 0) is 33.1 Å². The number of nitrogens with one attached hydrogen (secondary N) is 1. The van der Waals surface area contributed by atoms with Crippen molar-refractivity contribution in [1.29, 1.82) is 0 Å². The van der Waals surface area contributed by atoms with Crippen LogP contribution in [-0.4, -0.2) is 76.1 Å². The van der Waals surface area contributed by atoms with Crippen molar-refractivity contribution in [2.45, 2.75) is 95.2 Å². The summed E-state index contributed by atoms with van der Waals surface area (Å²) in [7, 11) is -4.58. The number of anilines is 1. The fourth-order valence-electron chi connectivity index (χ4n) is 4.69. The fraction of sp³-hybridized carbons (Fsp3) is 0.762. The lowest BCUT2D eigenvalue weighted by Gasteiger charge is -2.31. The van der Waals surface area contributed by atoms with Crippen molar-refractivity contribution >= 4 is 24.4 Å². The van der Waals surface area contributed by atoms with Gasteiger partial charge in [-0.25, -0.2) is 14.6 Å². The zero-order valence-corrected chi connectivity index (χ0v) is 20.6. The smallest absolute Gasteiger partial charge is 0.356 e. The van der Waals surface area contributed by atoms with E-state index in [9.17, 15) is 24.6 Å². The minimum atomic E-state index is -4.58. The van der Waals surface area contributed by atoms with Crippen LogP contribution in [-0.2, 0) is 14.0 Å². The number of nitrogens with zero attached hydrogens (tertiary/aromatic N) is 4. The number of aryl methyl sites for hydroxylation is 1. The Labute approximate surface area is 197 Å². The molecule has 5 N–H and O–H groups in total. The second-order valence-electron chi connectivity index (χ2n) is 9.40. The molecule has 0 spiro atoms. The van der Waals surface area contributed by atoms with Gasteiger partial charge < -0.3 is 34.8 Å². The number of rotatable bonds is 9. The van der Waals surface area contributed by atoms with Crippen LogP contribution >= 0.6 is 7.60 Å². The number of ether oxygens (including phenoxy) is 2. The van der Waals surface area contributed by atoms with Crippen LogP contribution in [0.4, 0.5) is 5.82 Å². The average molecular weight is 500 g/mol. The lowest BCUT2D eigenvalue weighted by molar-refractivity contribution is -0.0960. The standard InChI is InChI=1S/C21H34N5O7P/c1-4-9-21(3,34(29,30)31)32-11-15-16(27)17(28)20(33-15)26-19-14(10-22-26)18(23-12(2)24-19)25-13-7-5-6-8-13/h10,13,15-17,20,27-28H,4-9,11H2,1-3H3,(H,23,24,25)(H2,29,30,31)/t15-,16-,17-,20-,21?/m1/s1. The van der Waals surface area contributed by atoms with Crippen LogP contribution in [0.15, 0.2) is 6.20 Å². The summed E-state index contributed by atoms with van der Waals surface area (Å²) in [5.41, 5.74) is 0.455. The number of hydrogen-bond acceptors (Lipinski definition) is 9. The van der Waals surface area contributed by atoms with Crippen LogP contribution in [0.3, 0.4) is 0 Å². The lowest BCUT2D eigenvalue weighted by atomic mass is 10.1. The summed E-state index contributed by atoms with van der Waals surface area (Å²) in [5, 5.41) is 28.1. The summed E-state index contributed by atoms with van der Waals surface area (Å²) in [5.74, 6) is 1.20. The Morgan fingerprint density at radius 3 is 2.62 bits per heavy atom. The first-order valence-corrected chi connectivity index (χ1v) is 13.3. The third-order valence-corrected chi connectivity index (χ3v) is 8.31. The molecule has 0 amide bonds. The topological polar surface area (TPSA) is 172 Å². The fourth-order valence-corrected chi connectivity index (χ4v) is 5.45. The average Bonchev–Trinajstić information content (AvgIpc) is 3.48. The molecule has 2 aromatic rings. The Kier molecular flexibility index (Phi) is 7.31. The Balaban J connectivity index is 1.55. The van der Waals surface area contributed by atoms with Gasteiger partial charge in [0.25, 0.3) is 0 Å². The van der Waals surface area contributed by atoms with Crippen molar-refractivity contribution in [2.75, 3.05) is 11.9 Å². The maximum Gasteiger partial charge on any atom is 0.356 e. The van der Waals surface area contributed by atoms with E-state index in [-0.39, 0.29) is 13.0 Å². The predicted molar refractivity (Wildman–Crippen MR) is 123 cm³/mol. The second kappa shape index (κ2) is 9.77. The molecule has 2 aromatic heterocycles. The largest absolute Gasteiger partial charge is 0.387 e. The number of fused-ring (bicyclic) bond motifs is 1. The quantitative estimate of drug-likeness (QED) is 0.319. The van der Waals surface area contributed by atoms with E-state index in [4.69, 9.17) is 9.47 Å². The highest BCUT2D eigenvalue weighted by atomic mass is 31.2. The molecule has 0 radical (unpaired) electrons. The molecule has 34 heavy (non-hydrogen) atoms. The molecule has 1 aliphatic carbocycles. The van der Waals surface area contributed by atoms with Gasteiger partial charge >= 0.3 is 7.60 Å². The van der Waals surface area contributed by atoms with Gasteiger partial charge in [0.1, 0.15) is 30.0 Å². The molecule has 4 rings (SSSR count). The predicted octanol–water partition coefficient (Wildman–Crippen LogP) is 1.82. The maximum atomic E-state index is 12.0. The van der Waals surface area contributed by atoms with Crippen molar-refractivity contribution in [3.63, 3.8) is 0 Å². The van der Waals surface area contributed by atoms with Crippen LogP contribution in [0.1, 0.15) is 64.4 Å². The highest BCUT2D eigenvalue weighted by Gasteiger charge is 2.48. The normalized spacial score (nSPS) is 28.0. The summed E-state index contributed by atoms with van der Waals surface area (Å²) in [4.78, 5) is 28.5. The van der Waals surface area contributed by atoms with E-state index in [2.05, 4.69) is 20.4 Å². The molecule has 1 saturated heterocycles. The second-order valence-corrected chi connectivity index (χ2v) is 11.4. The van der Waals surface area contributed by atoms with Crippen molar-refractivity contribution in [3.05, 3.63) is 12.0 Å². The van der Waals surface area contributed by atoms with Gasteiger partial charge in [-0.2, -0.15) is 5.10 Å². The van der Waals surface area contributed by atoms with E-state index >= 15 is 0 Å². The molecule has 0 bridgehead atoms. The van der Waals surface area contributed by atoms with Crippen molar-refractivity contribution in [3.8, 4) is 0 Å². The monoisotopic (exact) mass is 499 g/mol. The molecule has 5 atom stereocenters. The summed E-state index contributed by atoms with van der Waals surface area (Å²) in [6.07, 6.45) is 1.97. The molecule has 12 nitrogen and oxygen atoms in total. The summed E-state index contributed by atoms with van der Waals surface area (Å²) in [6.45, 7) is 4.59. The molecule has 0 aromatic carbocycles. The van der Waals surface area contributed by atoms with E-state index < -0.39 is 37.5 Å². The van der Waals surface area contributed by atoms with Crippen LogP contribution in [0.2, 0.25) is 0 Å². The van der Waals surface area contributed by atoms with Crippen molar-refractivity contribution in [2.24, 2.45) is 0 Å². The van der Waals surface area contributed by atoms with E-state index in [0.717, 1.165) is 12.8 Å². The summed E-state index contributed by atoms with van der Waals surface area (Å²) < 4.78 is 24.8.